The molecule has 0 atom stereocenters. The molecule has 0 fully saturated rings. The van der Waals surface area contributed by atoms with Gasteiger partial charge in [0.15, 0.2) is 23.1 Å². The van der Waals surface area contributed by atoms with Gasteiger partial charge >= 0.3 is 159 Å². The molecule has 542 valence electrons. The van der Waals surface area contributed by atoms with Crippen molar-refractivity contribution in [1.82, 2.24) is 0 Å². The van der Waals surface area contributed by atoms with E-state index in [1.54, 1.807) is 31.2 Å². The van der Waals surface area contributed by atoms with Crippen LogP contribution in [0.25, 0.3) is 79.9 Å². The van der Waals surface area contributed by atoms with Crippen molar-refractivity contribution < 1.29 is 204 Å². The maximum Gasteiger partial charge on any atom is 1.00 e. The van der Waals surface area contributed by atoms with E-state index < -0.39 is 0 Å². The molecule has 0 radical (unpaired) electrons. The van der Waals surface area contributed by atoms with Crippen LogP contribution in [0.3, 0.4) is 0 Å². The summed E-state index contributed by atoms with van der Waals surface area (Å²) in [4.78, 5) is 47.3. The van der Waals surface area contributed by atoms with Gasteiger partial charge in [-0.1, -0.05) is 358 Å². The van der Waals surface area contributed by atoms with Crippen molar-refractivity contribution in [2.75, 3.05) is 0 Å². The van der Waals surface area contributed by atoms with Gasteiger partial charge in [-0.15, -0.1) is 0 Å². The van der Waals surface area contributed by atoms with Gasteiger partial charge in [0.1, 0.15) is 0 Å². The molecule has 12 rings (SSSR count). The fourth-order valence-corrected chi connectivity index (χ4v) is 12.1. The molecule has 0 unspecified atom stereocenters. The predicted molar refractivity (Wildman–Crippen MR) is 436 cm³/mol. The SMILES string of the molecule is CCc1cc(-c2ccc(/C=C/c3ccc(C)cc3)cc2)cc(C(C)=O)c1[O-].CCc1cc(-c2ccc(/C=C/c3ccccc3)cc2)cc(C(C)=O)c1[O-].CCc1cc(-c2ccccc2)cc(C(C)=O)c1[O-].CCc1cc(-c2ccccc2)cc(C(C)=O)c1[O-].CCc1cc(-c2ccccc2)cc(C(C)=S)c1[O-].[K+].[K+].[Li+].[Li+].[Li+]. The van der Waals surface area contributed by atoms with Gasteiger partial charge in [0.2, 0.25) is 0 Å². The van der Waals surface area contributed by atoms with Crippen molar-refractivity contribution in [3.05, 3.63) is 338 Å². The van der Waals surface area contributed by atoms with Crippen LogP contribution in [0.4, 0.5) is 0 Å². The van der Waals surface area contributed by atoms with Crippen molar-refractivity contribution in [1.29, 1.82) is 0 Å². The number of hydrogen-bond donors (Lipinski definition) is 0. The summed E-state index contributed by atoms with van der Waals surface area (Å²) in [7, 11) is 0. The van der Waals surface area contributed by atoms with Gasteiger partial charge in [-0.2, -0.15) is 0 Å². The van der Waals surface area contributed by atoms with E-state index in [1.807, 2.05) is 229 Å². The van der Waals surface area contributed by atoms with Gasteiger partial charge in [-0.05, 0) is 187 Å². The average Bonchev–Trinajstić information content (AvgIpc) is 0.824. The van der Waals surface area contributed by atoms with Crippen LogP contribution in [0.2, 0.25) is 0 Å². The summed E-state index contributed by atoms with van der Waals surface area (Å²) >= 11 is 5.17. The molecule has 0 bridgehead atoms. The van der Waals surface area contributed by atoms with Crippen molar-refractivity contribution in [3.8, 4) is 84.4 Å². The summed E-state index contributed by atoms with van der Waals surface area (Å²) in [5.74, 6) is -1.21. The number of carbonyl (C=O) groups is 4. The van der Waals surface area contributed by atoms with Gasteiger partial charge in [0, 0.05) is 27.1 Å². The van der Waals surface area contributed by atoms with Crippen molar-refractivity contribution >= 4 is 64.5 Å². The Labute approximate surface area is 789 Å². The van der Waals surface area contributed by atoms with Gasteiger partial charge in [-0.3, -0.25) is 19.2 Å². The summed E-state index contributed by atoms with van der Waals surface area (Å²) in [6.45, 7) is 19.4. The van der Waals surface area contributed by atoms with Crippen molar-refractivity contribution in [2.45, 2.75) is 108 Å². The molecule has 0 heterocycles. The molecular formula is C97H89K2Li3O9S. The standard InChI is InChI=1S/C25H24O2.C24H22O2.2C16H16O2.C16H16OS.2K.3Li/c1-4-21-15-23(16-24(18(3)26)25(21)27)22-13-11-20(12-14-22)10-9-19-7-5-17(2)6-8-19;1-3-20-15-22(16-23(17(2)25)24(20)26)21-13-11-19(12-14-21)10-9-18-7-5-4-6-8-18;2*1-3-12-9-14(13-7-5-4-6-8-13)10-15(11(2)17)16(12)18;1-3-12-9-14(13-7-5-4-6-8-13)10-15(11(2)18)16(12)17;;;;;/h5-16,27H,4H2,1-3H3;4-16,26H,3H2,1-2H3;2*4-10,18H,3H2,1-2H3;4-10,17H,3H2,1-2H3;;;;;/q;;;;;5*+1/p-5/b2*10-9+;;;;;;;;. The van der Waals surface area contributed by atoms with E-state index in [2.05, 4.69) is 67.6 Å². The minimum absolute atomic E-state index is 0. The molecule has 112 heavy (non-hydrogen) atoms. The summed E-state index contributed by atoms with van der Waals surface area (Å²) in [6.07, 6.45) is 11.5. The molecule has 0 spiro atoms. The molecule has 0 N–H and O–H groups in total. The zero-order chi connectivity index (χ0) is 77.3. The first-order valence-corrected chi connectivity index (χ1v) is 36.5. The Bertz CT molecular complexity index is 4900. The summed E-state index contributed by atoms with van der Waals surface area (Å²) in [5.41, 5.74) is 21.0. The molecule has 9 nitrogen and oxygen atoms in total. The van der Waals surface area contributed by atoms with E-state index in [9.17, 15) is 44.7 Å². The second-order valence-corrected chi connectivity index (χ2v) is 26.6. The predicted octanol–water partition coefficient (Wildman–Crippen LogP) is 6.17. The largest absolute Gasteiger partial charge is 1.00 e. The van der Waals surface area contributed by atoms with Crippen LogP contribution in [-0.2, 0) is 32.1 Å². The quantitative estimate of drug-likeness (QED) is 0.0393. The van der Waals surface area contributed by atoms with Gasteiger partial charge in [-0.25, -0.2) is 0 Å². The van der Waals surface area contributed by atoms with E-state index in [0.717, 1.165) is 89.9 Å². The molecule has 0 aliphatic heterocycles. The molecular weight excluding hydrogens is 1440 g/mol. The van der Waals surface area contributed by atoms with Crippen LogP contribution in [0, 0.1) is 6.92 Å². The molecule has 0 saturated carbocycles. The molecule has 0 aromatic heterocycles. The number of thiocarbonyl (C=S) groups is 1. The van der Waals surface area contributed by atoms with Crippen LogP contribution in [-0.4, -0.2) is 28.0 Å². The molecule has 0 aliphatic carbocycles. The third kappa shape index (κ3) is 28.2. The van der Waals surface area contributed by atoms with Crippen molar-refractivity contribution in [2.24, 2.45) is 0 Å². The fraction of sp³-hybridized carbons (Fsp3) is 0.165. The Kier molecular flexibility index (Phi) is 44.0. The number of carbonyl (C=O) groups excluding carboxylic acids is 4. The van der Waals surface area contributed by atoms with Crippen LogP contribution < -0.4 is 185 Å². The normalized spacial score (nSPS) is 10.2. The van der Waals surface area contributed by atoms with Gasteiger partial charge < -0.3 is 25.5 Å². The minimum atomic E-state index is -0.186. The Morgan fingerprint density at radius 1 is 0.268 bits per heavy atom. The van der Waals surface area contributed by atoms with E-state index in [4.69, 9.17) is 12.2 Å². The second-order valence-electron chi connectivity index (χ2n) is 25.9. The maximum atomic E-state index is 12.3. The van der Waals surface area contributed by atoms with E-state index in [1.165, 1.54) is 33.3 Å². The third-order valence-corrected chi connectivity index (χ3v) is 18.5. The number of rotatable bonds is 19. The summed E-state index contributed by atoms with van der Waals surface area (Å²) in [6, 6.07) is 82.7. The summed E-state index contributed by atoms with van der Waals surface area (Å²) in [5, 5.41) is 60.7. The molecule has 12 aromatic rings. The zero-order valence-corrected chi connectivity index (χ0v) is 74.7. The van der Waals surface area contributed by atoms with Crippen molar-refractivity contribution in [3.63, 3.8) is 0 Å². The Hall–Kier alpha value is -7.05. The Morgan fingerprint density at radius 2 is 0.455 bits per heavy atom. The average molecular weight is 1530 g/mol. The number of aryl methyl sites for hydroxylation is 6. The van der Waals surface area contributed by atoms with Crippen LogP contribution in [0.5, 0.6) is 28.7 Å². The summed E-state index contributed by atoms with van der Waals surface area (Å²) < 4.78 is 0. The first-order chi connectivity index (χ1) is 51.4. The minimum Gasteiger partial charge on any atom is -0.872 e. The fourth-order valence-electron chi connectivity index (χ4n) is 12.0. The van der Waals surface area contributed by atoms with Crippen LogP contribution in [0.15, 0.2) is 255 Å². The topological polar surface area (TPSA) is 184 Å². The van der Waals surface area contributed by atoms with Gasteiger partial charge in [0.25, 0.3) is 0 Å². The Balaban J connectivity index is 0.000000363. The zero-order valence-electron chi connectivity index (χ0n) is 67.7. The first kappa shape index (κ1) is 99.1. The smallest absolute Gasteiger partial charge is 0.872 e. The van der Waals surface area contributed by atoms with E-state index in [0.29, 0.717) is 58.4 Å². The van der Waals surface area contributed by atoms with Crippen LogP contribution in [0.1, 0.15) is 172 Å². The molecule has 0 amide bonds. The first-order valence-electron chi connectivity index (χ1n) is 36.0. The molecule has 15 heteroatoms. The van der Waals surface area contributed by atoms with Gasteiger partial charge in [0.05, 0.1) is 0 Å². The maximum absolute atomic E-state index is 12.3. The number of hydrogen-bond acceptors (Lipinski definition) is 10. The number of benzene rings is 12. The van der Waals surface area contributed by atoms with Crippen LogP contribution >= 0.6 is 12.2 Å². The molecule has 0 saturated heterocycles. The number of ketones is 4. The molecule has 0 aliphatic rings. The van der Waals surface area contributed by atoms with E-state index >= 15 is 0 Å². The molecule has 12 aromatic carbocycles. The monoisotopic (exact) mass is 1530 g/mol. The van der Waals surface area contributed by atoms with E-state index in [-0.39, 0.29) is 233 Å². The number of Topliss-reactive ketones (excluding diaryl/α,β-unsaturated/α-hetero) is 4. The third-order valence-electron chi connectivity index (χ3n) is 18.3. The second kappa shape index (κ2) is 49.7. The Morgan fingerprint density at radius 3 is 0.670 bits per heavy atom.